The summed E-state index contributed by atoms with van der Waals surface area (Å²) < 4.78 is 193. The Morgan fingerprint density at radius 2 is 0.667 bits per heavy atom. The highest BCUT2D eigenvalue weighted by atomic mass is 19.4. The Balaban J connectivity index is 0.901. The molecule has 0 bridgehead atoms. The fourth-order valence-electron chi connectivity index (χ4n) is 9.11. The molecular formula is C65H50F12O7. The Hall–Kier alpha value is -8.87. The summed E-state index contributed by atoms with van der Waals surface area (Å²) in [5.41, 5.74) is -4.97. The first kappa shape index (κ1) is 61.2. The van der Waals surface area contributed by atoms with Gasteiger partial charge in [0.05, 0.1) is 29.4 Å². The number of carbonyl (C=O) groups excluding carboxylic acids is 3. The van der Waals surface area contributed by atoms with E-state index in [0.29, 0.717) is 23.3 Å². The lowest BCUT2D eigenvalue weighted by atomic mass is 9.86. The minimum atomic E-state index is -5.08. The van der Waals surface area contributed by atoms with Crippen molar-refractivity contribution < 1.29 is 86.0 Å². The smallest absolute Gasteiger partial charge is 0.420 e. The van der Waals surface area contributed by atoms with Crippen LogP contribution in [0.3, 0.4) is 0 Å². The Bertz CT molecular complexity index is 3720. The zero-order chi connectivity index (χ0) is 61.3. The van der Waals surface area contributed by atoms with Gasteiger partial charge in [-0.25, -0.2) is 0 Å². The van der Waals surface area contributed by atoms with Gasteiger partial charge in [0.25, 0.3) is 0 Å². The van der Waals surface area contributed by atoms with E-state index in [1.165, 1.54) is 86.6 Å². The van der Waals surface area contributed by atoms with Crippen molar-refractivity contribution in [2.24, 2.45) is 0 Å². The van der Waals surface area contributed by atoms with Gasteiger partial charge in [-0.1, -0.05) is 81.4 Å². The Labute approximate surface area is 474 Å². The fraction of sp³-hybridized carbons (Fsp3) is 0.215. The molecule has 8 rings (SSSR count). The number of methoxy groups -OCH3 is 1. The van der Waals surface area contributed by atoms with E-state index in [-0.39, 0.29) is 63.4 Å². The van der Waals surface area contributed by atoms with Crippen LogP contribution >= 0.6 is 0 Å². The van der Waals surface area contributed by atoms with Crippen molar-refractivity contribution in [3.05, 3.63) is 248 Å². The number of ether oxygens (including phenoxy) is 4. The number of benzene rings is 8. The summed E-state index contributed by atoms with van der Waals surface area (Å²) in [6.07, 6.45) is -20.2. The van der Waals surface area contributed by atoms with Crippen LogP contribution in [-0.2, 0) is 43.0 Å². The SMILES string of the molecule is COc1ccc(C(=O)c2ccc(Oc3ccc(C(=O)c4ccc(CC(C)(C)Oc5ccc(Cc6ccc(Oc7ccc(C(=O)c8ccc(C(C)(C)C)cc8)cc7)c(C(F)(F)F)c6)cc5C(F)(F)F)cc4)cc3)c(C(F)(F)F)c2)cc1C(F)(F)F. The number of rotatable bonds is 17. The zero-order valence-electron chi connectivity index (χ0n) is 45.5. The summed E-state index contributed by atoms with van der Waals surface area (Å²) >= 11 is 0. The molecule has 0 radical (unpaired) electrons. The van der Waals surface area contributed by atoms with Crippen LogP contribution in [0.15, 0.2) is 170 Å². The van der Waals surface area contributed by atoms with Crippen LogP contribution in [-0.4, -0.2) is 30.1 Å². The molecule has 7 nitrogen and oxygen atoms in total. The van der Waals surface area contributed by atoms with Crippen molar-refractivity contribution in [2.45, 2.75) is 83.2 Å². The molecule has 0 saturated heterocycles. The van der Waals surface area contributed by atoms with E-state index >= 15 is 0 Å². The molecule has 436 valence electrons. The third-order valence-corrected chi connectivity index (χ3v) is 13.4. The van der Waals surface area contributed by atoms with E-state index in [9.17, 15) is 67.1 Å². The summed E-state index contributed by atoms with van der Waals surface area (Å²) in [5, 5.41) is 0. The number of hydrogen-bond donors (Lipinski definition) is 0. The van der Waals surface area contributed by atoms with Crippen LogP contribution in [0.1, 0.15) is 127 Å². The summed E-state index contributed by atoms with van der Waals surface area (Å²) in [7, 11) is 0.987. The number of carbonyl (C=O) groups is 3. The molecule has 19 heteroatoms. The van der Waals surface area contributed by atoms with Crippen molar-refractivity contribution in [3.63, 3.8) is 0 Å². The molecule has 0 spiro atoms. The third-order valence-electron chi connectivity index (χ3n) is 13.4. The van der Waals surface area contributed by atoms with E-state index in [0.717, 1.165) is 61.2 Å². The molecule has 8 aromatic rings. The van der Waals surface area contributed by atoms with Gasteiger partial charge in [0.15, 0.2) is 17.3 Å². The van der Waals surface area contributed by atoms with Gasteiger partial charge in [0.1, 0.15) is 40.1 Å². The van der Waals surface area contributed by atoms with Crippen molar-refractivity contribution in [1.82, 2.24) is 0 Å². The van der Waals surface area contributed by atoms with E-state index < -0.39 is 98.3 Å². The topological polar surface area (TPSA) is 88.1 Å². The van der Waals surface area contributed by atoms with Crippen LogP contribution in [0.5, 0.6) is 34.5 Å². The summed E-state index contributed by atoms with van der Waals surface area (Å²) in [6.45, 7) is 9.19. The molecule has 84 heavy (non-hydrogen) atoms. The molecule has 0 aliphatic heterocycles. The maximum atomic E-state index is 14.7. The average molecular weight is 1170 g/mol. The van der Waals surface area contributed by atoms with Gasteiger partial charge in [-0.2, -0.15) is 52.7 Å². The molecule has 0 saturated carbocycles. The minimum Gasteiger partial charge on any atom is -0.496 e. The molecule has 0 aliphatic rings. The van der Waals surface area contributed by atoms with Crippen molar-refractivity contribution in [3.8, 4) is 34.5 Å². The number of ketones is 3. The van der Waals surface area contributed by atoms with E-state index in [2.05, 4.69) is 0 Å². The van der Waals surface area contributed by atoms with Gasteiger partial charge in [0.2, 0.25) is 0 Å². The number of alkyl halides is 12. The second kappa shape index (κ2) is 23.4. The van der Waals surface area contributed by atoms with Crippen molar-refractivity contribution >= 4 is 17.3 Å². The first-order valence-electron chi connectivity index (χ1n) is 25.6. The standard InChI is InChI=1S/C65H50F12O7/c1-60(2,3)46-21-13-41(14-22-46)58(79)43-17-23-47(24-18-43)82-54-27-9-38(32-49(54)62(66,67)68)31-39-10-28-56(50(33-39)63(69,70)71)84-61(4,5)36-37-7-11-40(12-8-37)57(78)42-15-25-48(26-16-42)83-55-30-20-45(35-52(55)65(75,76)77)59(80)44-19-29-53(81-6)51(34-44)64(72,73)74/h7-30,32-35H,31,36H2,1-6H3. The predicted octanol–water partition coefficient (Wildman–Crippen LogP) is 18.3. The Kier molecular flexibility index (Phi) is 17.1. The van der Waals surface area contributed by atoms with Gasteiger partial charge >= 0.3 is 24.7 Å². The van der Waals surface area contributed by atoms with Gasteiger partial charge in [-0.05, 0) is 157 Å². The highest BCUT2D eigenvalue weighted by Crippen LogP contribution is 2.44. The Morgan fingerprint density at radius 3 is 1.07 bits per heavy atom. The second-order valence-corrected chi connectivity index (χ2v) is 21.3. The van der Waals surface area contributed by atoms with E-state index in [1.54, 1.807) is 24.3 Å². The second-order valence-electron chi connectivity index (χ2n) is 21.3. The molecule has 0 aromatic heterocycles. The lowest BCUT2D eigenvalue weighted by molar-refractivity contribution is -0.140. The minimum absolute atomic E-state index is 0.00899. The zero-order valence-corrected chi connectivity index (χ0v) is 45.5. The number of hydrogen-bond acceptors (Lipinski definition) is 7. The van der Waals surface area contributed by atoms with Crippen LogP contribution < -0.4 is 18.9 Å². The van der Waals surface area contributed by atoms with E-state index in [1.807, 2.05) is 32.9 Å². The molecular weight excluding hydrogens is 1120 g/mol. The largest absolute Gasteiger partial charge is 0.496 e. The van der Waals surface area contributed by atoms with Gasteiger partial charge in [-0.3, -0.25) is 14.4 Å². The third kappa shape index (κ3) is 14.7. The quantitative estimate of drug-likeness (QED) is 0.0663. The monoisotopic (exact) mass is 1170 g/mol. The first-order chi connectivity index (χ1) is 39.2. The van der Waals surface area contributed by atoms with Crippen molar-refractivity contribution in [1.29, 1.82) is 0 Å². The lowest BCUT2D eigenvalue weighted by Crippen LogP contribution is -2.32. The maximum Gasteiger partial charge on any atom is 0.420 e. The van der Waals surface area contributed by atoms with Gasteiger partial charge in [0, 0.05) is 39.8 Å². The lowest BCUT2D eigenvalue weighted by Gasteiger charge is -2.28. The van der Waals surface area contributed by atoms with Gasteiger partial charge in [-0.15, -0.1) is 0 Å². The highest BCUT2D eigenvalue weighted by molar-refractivity contribution is 6.10. The molecule has 0 fully saturated rings. The molecule has 0 unspecified atom stereocenters. The molecule has 0 aliphatic carbocycles. The van der Waals surface area contributed by atoms with Crippen LogP contribution in [0, 0.1) is 0 Å². The summed E-state index contributed by atoms with van der Waals surface area (Å²) in [6, 6.07) is 34.7. The fourth-order valence-corrected chi connectivity index (χ4v) is 9.11. The van der Waals surface area contributed by atoms with Gasteiger partial charge < -0.3 is 18.9 Å². The maximum absolute atomic E-state index is 14.7. The van der Waals surface area contributed by atoms with Crippen molar-refractivity contribution in [2.75, 3.05) is 7.11 Å². The summed E-state index contributed by atoms with van der Waals surface area (Å²) in [5.74, 6) is -4.52. The van der Waals surface area contributed by atoms with Crippen LogP contribution in [0.4, 0.5) is 52.7 Å². The molecule has 8 aromatic carbocycles. The molecule has 0 heterocycles. The predicted molar refractivity (Wildman–Crippen MR) is 288 cm³/mol. The van der Waals surface area contributed by atoms with E-state index in [4.69, 9.17) is 18.9 Å². The highest BCUT2D eigenvalue weighted by Gasteiger charge is 2.40. The summed E-state index contributed by atoms with van der Waals surface area (Å²) in [4.78, 5) is 39.8. The molecule has 0 atom stereocenters. The Morgan fingerprint density at radius 1 is 0.357 bits per heavy atom. The van der Waals surface area contributed by atoms with Crippen LogP contribution in [0.2, 0.25) is 0 Å². The first-order valence-corrected chi connectivity index (χ1v) is 25.6. The average Bonchev–Trinajstić information content (AvgIpc) is 2.23. The molecule has 0 amide bonds. The normalized spacial score (nSPS) is 12.4. The number of halogens is 12. The van der Waals surface area contributed by atoms with Crippen LogP contribution in [0.25, 0.3) is 0 Å². The molecule has 0 N–H and O–H groups in total.